The molecule has 2 amide bonds. The van der Waals surface area contributed by atoms with Gasteiger partial charge in [0, 0.05) is 24.4 Å². The summed E-state index contributed by atoms with van der Waals surface area (Å²) >= 11 is 1.51. The molecule has 0 aromatic carbocycles. The molecule has 0 bridgehead atoms. The fourth-order valence-electron chi connectivity index (χ4n) is 2.85. The lowest BCUT2D eigenvalue weighted by Gasteiger charge is -2.23. The fourth-order valence-corrected chi connectivity index (χ4v) is 3.91. The highest BCUT2D eigenvalue weighted by molar-refractivity contribution is 7.15. The number of carbonyl (C=O) groups is 2. The van der Waals surface area contributed by atoms with E-state index in [1.54, 1.807) is 19.9 Å². The molecule has 3 heterocycles. The lowest BCUT2D eigenvalue weighted by molar-refractivity contribution is -0.115. The zero-order chi connectivity index (χ0) is 18.0. The summed E-state index contributed by atoms with van der Waals surface area (Å²) in [5, 5.41) is 5.97. The number of furan rings is 1. The number of thiazole rings is 1. The summed E-state index contributed by atoms with van der Waals surface area (Å²) in [7, 11) is 0. The van der Waals surface area contributed by atoms with Crippen molar-refractivity contribution in [1.82, 2.24) is 15.2 Å². The van der Waals surface area contributed by atoms with Crippen molar-refractivity contribution < 1.29 is 14.0 Å². The van der Waals surface area contributed by atoms with Gasteiger partial charge in [-0.25, -0.2) is 4.98 Å². The number of hydrogen-bond donors (Lipinski definition) is 2. The monoisotopic (exact) mass is 362 g/mol. The van der Waals surface area contributed by atoms with Crippen molar-refractivity contribution in [2.45, 2.75) is 33.7 Å². The zero-order valence-corrected chi connectivity index (χ0v) is 15.5. The van der Waals surface area contributed by atoms with Crippen LogP contribution in [-0.2, 0) is 17.8 Å². The van der Waals surface area contributed by atoms with Gasteiger partial charge in [-0.2, -0.15) is 0 Å². The van der Waals surface area contributed by atoms with Crippen LogP contribution in [0.1, 0.15) is 39.4 Å². The van der Waals surface area contributed by atoms with Crippen molar-refractivity contribution in [2.75, 3.05) is 25.0 Å². The maximum Gasteiger partial charge on any atom is 0.255 e. The third-order valence-corrected chi connectivity index (χ3v) is 5.20. The molecule has 25 heavy (non-hydrogen) atoms. The number of nitrogens with zero attached hydrogens (tertiary/aromatic N) is 2. The molecule has 8 heteroatoms. The second-order valence-corrected chi connectivity index (χ2v) is 7.15. The van der Waals surface area contributed by atoms with Gasteiger partial charge in [0.1, 0.15) is 11.5 Å². The predicted molar refractivity (Wildman–Crippen MR) is 95.9 cm³/mol. The average Bonchev–Trinajstić information content (AvgIpc) is 3.13. The maximum atomic E-state index is 12.1. The Hall–Kier alpha value is -2.19. The number of likely N-dealkylation sites (N-methyl/N-ethyl adjacent to an activating group) is 1. The summed E-state index contributed by atoms with van der Waals surface area (Å²) in [5.41, 5.74) is 1.52. The Kier molecular flexibility index (Phi) is 5.19. The van der Waals surface area contributed by atoms with Crippen molar-refractivity contribution in [3.05, 3.63) is 33.7 Å². The molecule has 7 nitrogen and oxygen atoms in total. The Labute approximate surface area is 150 Å². The first-order valence-electron chi connectivity index (χ1n) is 8.32. The van der Waals surface area contributed by atoms with Gasteiger partial charge in [-0.3, -0.25) is 14.5 Å². The number of aryl methyl sites for hydroxylation is 2. The molecule has 3 rings (SSSR count). The minimum absolute atomic E-state index is 0.103. The van der Waals surface area contributed by atoms with Crippen molar-refractivity contribution in [2.24, 2.45) is 0 Å². The SMILES string of the molecule is CCN1CCc2nc(NC(=O)CNC(=O)c3cc(C)oc3C)sc2C1. The zero-order valence-electron chi connectivity index (χ0n) is 14.6. The van der Waals surface area contributed by atoms with Crippen molar-refractivity contribution in [3.63, 3.8) is 0 Å². The predicted octanol–water partition coefficient (Wildman–Crippen LogP) is 2.10. The van der Waals surface area contributed by atoms with Gasteiger partial charge >= 0.3 is 0 Å². The molecule has 0 fully saturated rings. The first-order chi connectivity index (χ1) is 12.0. The van der Waals surface area contributed by atoms with E-state index in [9.17, 15) is 9.59 Å². The summed E-state index contributed by atoms with van der Waals surface area (Å²) < 4.78 is 5.33. The molecule has 2 N–H and O–H groups in total. The smallest absolute Gasteiger partial charge is 0.255 e. The fraction of sp³-hybridized carbons (Fsp3) is 0.471. The van der Waals surface area contributed by atoms with E-state index in [2.05, 4.69) is 27.4 Å². The van der Waals surface area contributed by atoms with Gasteiger partial charge in [-0.05, 0) is 26.5 Å². The highest BCUT2D eigenvalue weighted by Gasteiger charge is 2.20. The summed E-state index contributed by atoms with van der Waals surface area (Å²) in [4.78, 5) is 32.2. The highest BCUT2D eigenvalue weighted by atomic mass is 32.1. The normalized spacial score (nSPS) is 14.2. The number of anilines is 1. The van der Waals surface area contributed by atoms with Crippen molar-refractivity contribution in [3.8, 4) is 0 Å². The minimum Gasteiger partial charge on any atom is -0.466 e. The lowest BCUT2D eigenvalue weighted by Crippen LogP contribution is -2.32. The summed E-state index contributed by atoms with van der Waals surface area (Å²) in [6.45, 7) is 8.43. The number of aromatic nitrogens is 1. The van der Waals surface area contributed by atoms with E-state index >= 15 is 0 Å². The number of nitrogens with one attached hydrogen (secondary N) is 2. The molecule has 134 valence electrons. The van der Waals surface area contributed by atoms with Gasteiger partial charge in [-0.1, -0.05) is 6.92 Å². The Balaban J connectivity index is 1.54. The number of amides is 2. The van der Waals surface area contributed by atoms with Crippen LogP contribution in [0.15, 0.2) is 10.5 Å². The van der Waals surface area contributed by atoms with E-state index in [-0.39, 0.29) is 18.4 Å². The lowest BCUT2D eigenvalue weighted by atomic mass is 10.2. The van der Waals surface area contributed by atoms with Gasteiger partial charge in [0.05, 0.1) is 17.8 Å². The molecule has 0 unspecified atom stereocenters. The van der Waals surface area contributed by atoms with Crippen LogP contribution >= 0.6 is 11.3 Å². The van der Waals surface area contributed by atoms with Crippen LogP contribution in [0.3, 0.4) is 0 Å². The van der Waals surface area contributed by atoms with Crippen LogP contribution < -0.4 is 10.6 Å². The topological polar surface area (TPSA) is 87.5 Å². The number of hydrogen-bond acceptors (Lipinski definition) is 6. The molecule has 0 saturated carbocycles. The van der Waals surface area contributed by atoms with E-state index in [0.29, 0.717) is 22.2 Å². The third kappa shape index (κ3) is 4.08. The molecule has 0 saturated heterocycles. The first-order valence-corrected chi connectivity index (χ1v) is 9.14. The number of rotatable bonds is 5. The maximum absolute atomic E-state index is 12.1. The Bertz CT molecular complexity index is 796. The molecule has 1 aliphatic rings. The summed E-state index contributed by atoms with van der Waals surface area (Å²) in [6.07, 6.45) is 0.908. The second kappa shape index (κ2) is 7.37. The van der Waals surface area contributed by atoms with Crippen LogP contribution in [0.25, 0.3) is 0 Å². The van der Waals surface area contributed by atoms with Crippen LogP contribution in [0.4, 0.5) is 5.13 Å². The van der Waals surface area contributed by atoms with Crippen LogP contribution in [0, 0.1) is 13.8 Å². The Morgan fingerprint density at radius 1 is 1.40 bits per heavy atom. The van der Waals surface area contributed by atoms with Gasteiger partial charge in [-0.15, -0.1) is 11.3 Å². The van der Waals surface area contributed by atoms with E-state index in [1.807, 2.05) is 0 Å². The minimum atomic E-state index is -0.318. The van der Waals surface area contributed by atoms with E-state index in [1.165, 1.54) is 16.2 Å². The quantitative estimate of drug-likeness (QED) is 0.850. The second-order valence-electron chi connectivity index (χ2n) is 6.07. The molecule has 0 atom stereocenters. The Morgan fingerprint density at radius 2 is 2.20 bits per heavy atom. The van der Waals surface area contributed by atoms with Gasteiger partial charge in [0.15, 0.2) is 5.13 Å². The largest absolute Gasteiger partial charge is 0.466 e. The summed E-state index contributed by atoms with van der Waals surface area (Å²) in [6, 6.07) is 1.66. The van der Waals surface area contributed by atoms with Crippen molar-refractivity contribution in [1.29, 1.82) is 0 Å². The number of fused-ring (bicyclic) bond motifs is 1. The van der Waals surface area contributed by atoms with Crippen LogP contribution in [0.2, 0.25) is 0 Å². The summed E-state index contributed by atoms with van der Waals surface area (Å²) in [5.74, 6) is 0.608. The van der Waals surface area contributed by atoms with Crippen molar-refractivity contribution >= 4 is 28.3 Å². The molecular weight excluding hydrogens is 340 g/mol. The molecule has 2 aromatic rings. The van der Waals surface area contributed by atoms with E-state index < -0.39 is 0 Å². The average molecular weight is 362 g/mol. The number of carbonyl (C=O) groups excluding carboxylic acids is 2. The molecule has 2 aromatic heterocycles. The third-order valence-electron chi connectivity index (χ3n) is 4.20. The standard InChI is InChI=1S/C17H22N4O3S/c1-4-21-6-5-13-14(9-21)25-17(19-13)20-15(22)8-18-16(23)12-7-10(2)24-11(12)3/h7H,4-6,8-9H2,1-3H3,(H,18,23)(H,19,20,22). The molecule has 1 aliphatic heterocycles. The molecule has 0 radical (unpaired) electrons. The van der Waals surface area contributed by atoms with Gasteiger partial charge < -0.3 is 15.1 Å². The van der Waals surface area contributed by atoms with E-state index in [0.717, 1.165) is 31.7 Å². The van der Waals surface area contributed by atoms with Gasteiger partial charge in [0.25, 0.3) is 5.91 Å². The van der Waals surface area contributed by atoms with Crippen LogP contribution in [0.5, 0.6) is 0 Å². The van der Waals surface area contributed by atoms with Crippen LogP contribution in [-0.4, -0.2) is 41.3 Å². The van der Waals surface area contributed by atoms with E-state index in [4.69, 9.17) is 4.42 Å². The molecular formula is C17H22N4O3S. The Morgan fingerprint density at radius 3 is 2.88 bits per heavy atom. The van der Waals surface area contributed by atoms with Gasteiger partial charge in [0.2, 0.25) is 5.91 Å². The highest BCUT2D eigenvalue weighted by Crippen LogP contribution is 2.28. The first kappa shape index (κ1) is 17.6. The molecule has 0 spiro atoms. The molecule has 0 aliphatic carbocycles.